The number of hydrogen-bond donors (Lipinski definition) is 2. The molecule has 1 atom stereocenters. The summed E-state index contributed by atoms with van der Waals surface area (Å²) in [6, 6.07) is 2.70. The number of nitrogens with zero attached hydrogens (tertiary/aromatic N) is 1. The lowest BCUT2D eigenvalue weighted by Gasteiger charge is -2.12. The predicted octanol–water partition coefficient (Wildman–Crippen LogP) is 1.30. The minimum absolute atomic E-state index is 0. The summed E-state index contributed by atoms with van der Waals surface area (Å²) in [5, 5.41) is 10.3. The van der Waals surface area contributed by atoms with Crippen molar-refractivity contribution in [2.45, 2.75) is 17.9 Å². The van der Waals surface area contributed by atoms with Gasteiger partial charge in [0.1, 0.15) is 4.90 Å². The second-order valence-corrected chi connectivity index (χ2v) is 5.72. The summed E-state index contributed by atoms with van der Waals surface area (Å²) in [7, 11) is -3.83. The van der Waals surface area contributed by atoms with Crippen LogP contribution in [0.5, 0.6) is 0 Å². The number of nitro benzene ring substituents is 1. The Morgan fingerprint density at radius 3 is 2.53 bits per heavy atom. The third-order valence-corrected chi connectivity index (χ3v) is 4.20. The predicted molar refractivity (Wildman–Crippen MR) is 74.2 cm³/mol. The maximum absolute atomic E-state index is 11.9. The summed E-state index contributed by atoms with van der Waals surface area (Å²) in [4.78, 5) is 9.64. The van der Waals surface area contributed by atoms with Crippen LogP contribution in [0.3, 0.4) is 0 Å². The lowest BCUT2D eigenvalue weighted by atomic mass is 10.3. The zero-order valence-corrected chi connectivity index (χ0v) is 12.3. The number of benzene rings is 1. The van der Waals surface area contributed by atoms with Crippen molar-refractivity contribution in [3.63, 3.8) is 0 Å². The summed E-state index contributed by atoms with van der Waals surface area (Å²) in [5.74, 6) is 0. The second-order valence-electron chi connectivity index (χ2n) is 3.63. The summed E-state index contributed by atoms with van der Waals surface area (Å²) >= 11 is 5.73. The van der Waals surface area contributed by atoms with Crippen molar-refractivity contribution < 1.29 is 13.3 Å². The van der Waals surface area contributed by atoms with E-state index >= 15 is 0 Å². The Morgan fingerprint density at radius 2 is 2.11 bits per heavy atom. The summed E-state index contributed by atoms with van der Waals surface area (Å²) in [6.45, 7) is 1.72. The average Bonchev–Trinajstić information content (AvgIpc) is 2.27. The van der Waals surface area contributed by atoms with Crippen molar-refractivity contribution in [2.75, 3.05) is 6.54 Å². The number of nitro groups is 1. The van der Waals surface area contributed by atoms with Crippen LogP contribution in [0.4, 0.5) is 5.69 Å². The van der Waals surface area contributed by atoms with Crippen LogP contribution in [-0.4, -0.2) is 25.9 Å². The first-order valence-electron chi connectivity index (χ1n) is 4.94. The Balaban J connectivity index is 0.00000324. The van der Waals surface area contributed by atoms with E-state index in [0.29, 0.717) is 0 Å². The zero-order valence-electron chi connectivity index (χ0n) is 9.87. The highest BCUT2D eigenvalue weighted by molar-refractivity contribution is 7.89. The molecule has 0 amide bonds. The molecular formula is C9H13Cl2N3O4S. The molecule has 108 valence electrons. The maximum atomic E-state index is 11.9. The van der Waals surface area contributed by atoms with E-state index in [1.165, 1.54) is 0 Å². The van der Waals surface area contributed by atoms with Crippen LogP contribution >= 0.6 is 24.0 Å². The van der Waals surface area contributed by atoms with Gasteiger partial charge in [0.15, 0.2) is 0 Å². The van der Waals surface area contributed by atoms with Crippen molar-refractivity contribution in [3.05, 3.63) is 33.3 Å². The molecule has 3 N–H and O–H groups in total. The van der Waals surface area contributed by atoms with Gasteiger partial charge in [-0.05, 0) is 13.0 Å². The van der Waals surface area contributed by atoms with Gasteiger partial charge in [-0.3, -0.25) is 10.1 Å². The molecule has 0 aliphatic rings. The fourth-order valence-electron chi connectivity index (χ4n) is 1.20. The molecule has 0 bridgehead atoms. The van der Waals surface area contributed by atoms with Gasteiger partial charge in [-0.1, -0.05) is 11.6 Å². The number of nitrogens with one attached hydrogen (secondary N) is 1. The highest BCUT2D eigenvalue weighted by atomic mass is 35.5. The van der Waals surface area contributed by atoms with E-state index in [1.807, 2.05) is 0 Å². The number of hydrogen-bond acceptors (Lipinski definition) is 5. The largest absolute Gasteiger partial charge is 0.329 e. The van der Waals surface area contributed by atoms with Gasteiger partial charge in [-0.25, -0.2) is 13.1 Å². The van der Waals surface area contributed by atoms with Crippen LogP contribution in [0.25, 0.3) is 0 Å². The Labute approximate surface area is 121 Å². The molecule has 0 aromatic heterocycles. The molecule has 0 heterocycles. The van der Waals surface area contributed by atoms with E-state index in [0.717, 1.165) is 18.2 Å². The molecule has 1 aromatic rings. The molecular weight excluding hydrogens is 317 g/mol. The van der Waals surface area contributed by atoms with Gasteiger partial charge < -0.3 is 5.73 Å². The molecule has 0 radical (unpaired) electrons. The molecule has 0 spiro atoms. The smallest absolute Gasteiger partial charge is 0.271 e. The lowest BCUT2D eigenvalue weighted by molar-refractivity contribution is -0.384. The molecule has 0 unspecified atom stereocenters. The first-order valence-corrected chi connectivity index (χ1v) is 6.80. The molecule has 1 aromatic carbocycles. The molecule has 0 aliphatic carbocycles. The van der Waals surface area contributed by atoms with Crippen molar-refractivity contribution in [2.24, 2.45) is 5.73 Å². The number of sulfonamides is 1. The minimum atomic E-state index is -3.83. The van der Waals surface area contributed by atoms with Gasteiger partial charge in [0, 0.05) is 24.7 Å². The monoisotopic (exact) mass is 329 g/mol. The second kappa shape index (κ2) is 7.01. The molecule has 10 heteroatoms. The van der Waals surface area contributed by atoms with Gasteiger partial charge in [0.2, 0.25) is 10.0 Å². The topological polar surface area (TPSA) is 115 Å². The van der Waals surface area contributed by atoms with Crippen LogP contribution < -0.4 is 10.5 Å². The van der Waals surface area contributed by atoms with Crippen LogP contribution in [0.2, 0.25) is 5.02 Å². The van der Waals surface area contributed by atoms with E-state index in [9.17, 15) is 18.5 Å². The molecule has 0 saturated carbocycles. The Kier molecular flexibility index (Phi) is 6.67. The molecule has 19 heavy (non-hydrogen) atoms. The molecule has 0 fully saturated rings. The zero-order chi connectivity index (χ0) is 13.9. The Bertz CT molecular complexity index is 565. The van der Waals surface area contributed by atoms with E-state index in [1.54, 1.807) is 6.92 Å². The van der Waals surface area contributed by atoms with Gasteiger partial charge in [-0.2, -0.15) is 0 Å². The SMILES string of the molecule is C[C@H](CN)NS(=O)(=O)c1ccc([N+](=O)[O-])cc1Cl.Cl. The van der Waals surface area contributed by atoms with Crippen molar-refractivity contribution in [3.8, 4) is 0 Å². The first kappa shape index (κ1) is 18.1. The van der Waals surface area contributed by atoms with Crippen molar-refractivity contribution in [1.82, 2.24) is 4.72 Å². The quantitative estimate of drug-likeness (QED) is 0.623. The highest BCUT2D eigenvalue weighted by Crippen LogP contribution is 2.26. The summed E-state index contributed by atoms with van der Waals surface area (Å²) < 4.78 is 26.1. The first-order chi connectivity index (χ1) is 8.27. The van der Waals surface area contributed by atoms with Crippen LogP contribution in [0.1, 0.15) is 6.92 Å². The fourth-order valence-corrected chi connectivity index (χ4v) is 2.99. The summed E-state index contributed by atoms with van der Waals surface area (Å²) in [6.07, 6.45) is 0. The Morgan fingerprint density at radius 1 is 1.53 bits per heavy atom. The lowest BCUT2D eigenvalue weighted by Crippen LogP contribution is -2.37. The van der Waals surface area contributed by atoms with Crippen molar-refractivity contribution in [1.29, 1.82) is 0 Å². The number of non-ortho nitro benzene ring substituents is 1. The van der Waals surface area contributed by atoms with E-state index in [4.69, 9.17) is 17.3 Å². The van der Waals surface area contributed by atoms with E-state index in [2.05, 4.69) is 4.72 Å². The molecule has 7 nitrogen and oxygen atoms in total. The van der Waals surface area contributed by atoms with Crippen LogP contribution in [-0.2, 0) is 10.0 Å². The average molecular weight is 330 g/mol. The van der Waals surface area contributed by atoms with Gasteiger partial charge in [0.25, 0.3) is 5.69 Å². The standard InChI is InChI=1S/C9H12ClN3O4S.ClH/c1-6(5-11)12-18(16,17)9-3-2-7(13(14)15)4-8(9)10;/h2-4,6,12H,5,11H2,1H3;1H/t6-;/m1./s1. The molecule has 0 aliphatic heterocycles. The third-order valence-electron chi connectivity index (χ3n) is 2.13. The van der Waals surface area contributed by atoms with Gasteiger partial charge in [-0.15, -0.1) is 12.4 Å². The van der Waals surface area contributed by atoms with Crippen LogP contribution in [0.15, 0.2) is 23.1 Å². The Hall–Kier alpha value is -0.930. The van der Waals surface area contributed by atoms with Gasteiger partial charge in [0.05, 0.1) is 9.95 Å². The highest BCUT2D eigenvalue weighted by Gasteiger charge is 2.21. The number of halogens is 2. The fraction of sp³-hybridized carbons (Fsp3) is 0.333. The summed E-state index contributed by atoms with van der Waals surface area (Å²) in [5.41, 5.74) is 5.04. The van der Waals surface area contributed by atoms with Crippen LogP contribution in [0, 0.1) is 10.1 Å². The van der Waals surface area contributed by atoms with Crippen molar-refractivity contribution >= 4 is 39.7 Å². The maximum Gasteiger partial charge on any atom is 0.271 e. The third kappa shape index (κ3) is 4.59. The number of nitrogens with two attached hydrogens (primary N) is 1. The molecule has 1 rings (SSSR count). The molecule has 0 saturated heterocycles. The van der Waals surface area contributed by atoms with E-state index in [-0.39, 0.29) is 34.6 Å². The number of rotatable bonds is 5. The van der Waals surface area contributed by atoms with E-state index < -0.39 is 21.0 Å². The van der Waals surface area contributed by atoms with Gasteiger partial charge >= 0.3 is 0 Å². The normalized spacial score (nSPS) is 12.6. The minimum Gasteiger partial charge on any atom is -0.329 e.